The molecule has 3 rings (SSSR count). The van der Waals surface area contributed by atoms with Gasteiger partial charge >= 0.3 is 0 Å². The summed E-state index contributed by atoms with van der Waals surface area (Å²) in [4.78, 5) is 23.0. The molecule has 8 heteroatoms. The van der Waals surface area contributed by atoms with E-state index in [-0.39, 0.29) is 36.4 Å². The minimum atomic E-state index is 0. The smallest absolute Gasteiger partial charge is 0.243 e. The molecule has 1 aromatic carbocycles. The third-order valence-corrected chi connectivity index (χ3v) is 5.71. The highest BCUT2D eigenvalue weighted by molar-refractivity contribution is 14.0. The average molecular weight is 524 g/mol. The van der Waals surface area contributed by atoms with Crippen LogP contribution in [0.15, 0.2) is 29.3 Å². The van der Waals surface area contributed by atoms with Gasteiger partial charge in [0, 0.05) is 52.9 Å². The van der Waals surface area contributed by atoms with Gasteiger partial charge in [0.1, 0.15) is 6.54 Å². The second kappa shape index (κ2) is 12.1. The molecule has 0 spiro atoms. The van der Waals surface area contributed by atoms with Gasteiger partial charge in [0.2, 0.25) is 5.91 Å². The van der Waals surface area contributed by atoms with Crippen LogP contribution >= 0.6 is 24.0 Å². The van der Waals surface area contributed by atoms with Crippen LogP contribution < -0.4 is 5.32 Å². The van der Waals surface area contributed by atoms with Crippen LogP contribution in [0, 0.1) is 11.3 Å². The first kappa shape index (κ1) is 24.4. The lowest BCUT2D eigenvalue weighted by molar-refractivity contribution is -0.127. The van der Waals surface area contributed by atoms with Gasteiger partial charge in [-0.1, -0.05) is 25.0 Å². The third-order valence-electron chi connectivity index (χ3n) is 5.71. The Balaban J connectivity index is 0.00000320. The number of piperazine rings is 1. The quantitative estimate of drug-likeness (QED) is 0.364. The van der Waals surface area contributed by atoms with Gasteiger partial charge in [-0.2, -0.15) is 5.26 Å². The molecule has 0 unspecified atom stereocenters. The topological polar surface area (TPSA) is 75.0 Å². The Kier molecular flexibility index (Phi) is 9.85. The van der Waals surface area contributed by atoms with E-state index >= 15 is 0 Å². The minimum absolute atomic E-state index is 0. The fraction of sp³-hybridized carbons (Fsp3) is 0.591. The van der Waals surface area contributed by atoms with Gasteiger partial charge in [0.05, 0.1) is 11.6 Å². The summed E-state index contributed by atoms with van der Waals surface area (Å²) in [6.45, 7) is 4.77. The first-order valence-electron chi connectivity index (χ1n) is 10.5. The van der Waals surface area contributed by atoms with Gasteiger partial charge in [-0.3, -0.25) is 9.69 Å². The molecule has 0 radical (unpaired) electrons. The average Bonchev–Trinajstić information content (AvgIpc) is 3.25. The van der Waals surface area contributed by atoms with Crippen LogP contribution in [0.2, 0.25) is 0 Å². The van der Waals surface area contributed by atoms with Crippen LogP contribution in [-0.2, 0) is 11.3 Å². The van der Waals surface area contributed by atoms with Gasteiger partial charge in [-0.15, -0.1) is 24.0 Å². The summed E-state index contributed by atoms with van der Waals surface area (Å²) in [5.41, 5.74) is 1.93. The maximum absolute atomic E-state index is 12.0. The molecule has 1 heterocycles. The molecule has 0 bridgehead atoms. The number of nitrogens with zero attached hydrogens (tertiary/aromatic N) is 5. The number of carbonyl (C=O) groups excluding carboxylic acids is 1. The number of carbonyl (C=O) groups is 1. The second-order valence-electron chi connectivity index (χ2n) is 8.13. The predicted molar refractivity (Wildman–Crippen MR) is 130 cm³/mol. The van der Waals surface area contributed by atoms with E-state index in [0.29, 0.717) is 11.6 Å². The van der Waals surface area contributed by atoms with E-state index in [2.05, 4.69) is 26.2 Å². The van der Waals surface area contributed by atoms with Gasteiger partial charge in [-0.05, 0) is 30.5 Å². The fourth-order valence-electron chi connectivity index (χ4n) is 3.83. The lowest BCUT2D eigenvalue weighted by Gasteiger charge is -2.37. The number of likely N-dealkylation sites (N-methyl/N-ethyl adjacent to an activating group) is 1. The third kappa shape index (κ3) is 7.13. The fourth-order valence-corrected chi connectivity index (χ4v) is 3.83. The summed E-state index contributed by atoms with van der Waals surface area (Å²) in [5.74, 6) is 0.903. The molecule has 1 aliphatic carbocycles. The van der Waals surface area contributed by atoms with E-state index in [1.165, 1.54) is 31.2 Å². The summed E-state index contributed by atoms with van der Waals surface area (Å²) < 4.78 is 0. The van der Waals surface area contributed by atoms with E-state index < -0.39 is 0 Å². The second-order valence-corrected chi connectivity index (χ2v) is 8.13. The highest BCUT2D eigenvalue weighted by Crippen LogP contribution is 2.18. The molecular formula is C22H33IN6O. The summed E-state index contributed by atoms with van der Waals surface area (Å²) in [6.07, 6.45) is 4.89. The van der Waals surface area contributed by atoms with Crippen molar-refractivity contribution in [2.75, 3.05) is 46.8 Å². The van der Waals surface area contributed by atoms with Crippen molar-refractivity contribution < 1.29 is 4.79 Å². The van der Waals surface area contributed by atoms with E-state index in [0.717, 1.165) is 38.7 Å². The maximum Gasteiger partial charge on any atom is 0.243 e. The molecule has 1 amide bonds. The Labute approximate surface area is 197 Å². The van der Waals surface area contributed by atoms with Crippen LogP contribution in [0.3, 0.4) is 0 Å². The molecule has 0 aromatic heterocycles. The van der Waals surface area contributed by atoms with Crippen LogP contribution in [0.1, 0.15) is 36.8 Å². The summed E-state index contributed by atoms with van der Waals surface area (Å²) in [5, 5.41) is 12.5. The Morgan fingerprint density at radius 3 is 2.37 bits per heavy atom. The molecule has 2 fully saturated rings. The zero-order chi connectivity index (χ0) is 20.6. The van der Waals surface area contributed by atoms with Crippen molar-refractivity contribution in [3.8, 4) is 6.07 Å². The molecule has 30 heavy (non-hydrogen) atoms. The van der Waals surface area contributed by atoms with Crippen molar-refractivity contribution >= 4 is 35.8 Å². The number of amides is 1. The zero-order valence-corrected chi connectivity index (χ0v) is 20.3. The normalized spacial score (nSPS) is 17.9. The SMILES string of the molecule is CN(C)C(=O)CN=C(NC1CCCC1)N1CCN(Cc2ccc(C#N)cc2)CC1.I. The summed E-state index contributed by atoms with van der Waals surface area (Å²) in [6, 6.07) is 10.5. The number of rotatable bonds is 5. The number of nitriles is 1. The molecule has 1 aromatic rings. The Morgan fingerprint density at radius 1 is 1.17 bits per heavy atom. The van der Waals surface area contributed by atoms with Crippen molar-refractivity contribution in [2.45, 2.75) is 38.3 Å². The lowest BCUT2D eigenvalue weighted by atomic mass is 10.1. The van der Waals surface area contributed by atoms with Gasteiger partial charge < -0.3 is 15.1 Å². The zero-order valence-electron chi connectivity index (χ0n) is 18.0. The van der Waals surface area contributed by atoms with Crippen molar-refractivity contribution in [2.24, 2.45) is 4.99 Å². The molecule has 164 valence electrons. The Bertz CT molecular complexity index is 744. The number of guanidine groups is 1. The first-order valence-corrected chi connectivity index (χ1v) is 10.5. The van der Waals surface area contributed by atoms with E-state index in [9.17, 15) is 4.79 Å². The van der Waals surface area contributed by atoms with Crippen LogP contribution in [-0.4, -0.2) is 79.4 Å². The summed E-state index contributed by atoms with van der Waals surface area (Å²) >= 11 is 0. The number of hydrogen-bond donors (Lipinski definition) is 1. The van der Waals surface area contributed by atoms with E-state index in [1.54, 1.807) is 19.0 Å². The molecule has 1 N–H and O–H groups in total. The number of aliphatic imine (C=N–C) groups is 1. The van der Waals surface area contributed by atoms with Crippen LogP contribution in [0.4, 0.5) is 0 Å². The van der Waals surface area contributed by atoms with Crippen molar-refractivity contribution in [1.29, 1.82) is 5.26 Å². The highest BCUT2D eigenvalue weighted by atomic mass is 127. The highest BCUT2D eigenvalue weighted by Gasteiger charge is 2.23. The van der Waals surface area contributed by atoms with Crippen LogP contribution in [0.5, 0.6) is 0 Å². The molecule has 1 aliphatic heterocycles. The van der Waals surface area contributed by atoms with E-state index in [4.69, 9.17) is 5.26 Å². The monoisotopic (exact) mass is 524 g/mol. The van der Waals surface area contributed by atoms with Gasteiger partial charge in [0.15, 0.2) is 5.96 Å². The standard InChI is InChI=1S/C22H32N6O.HI/c1-26(2)21(29)16-24-22(25-20-5-3-4-6-20)28-13-11-27(12-14-28)17-19-9-7-18(15-23)8-10-19;/h7-10,20H,3-6,11-14,16-17H2,1-2H3,(H,24,25);1H. The van der Waals surface area contributed by atoms with Crippen molar-refractivity contribution in [3.05, 3.63) is 35.4 Å². The molecule has 2 aliphatic rings. The predicted octanol–water partition coefficient (Wildman–Crippen LogP) is 2.27. The minimum Gasteiger partial charge on any atom is -0.353 e. The van der Waals surface area contributed by atoms with E-state index in [1.807, 2.05) is 24.3 Å². The largest absolute Gasteiger partial charge is 0.353 e. The first-order chi connectivity index (χ1) is 14.0. The number of halogens is 1. The molecule has 1 saturated heterocycles. The Hall–Kier alpha value is -1.86. The van der Waals surface area contributed by atoms with Crippen molar-refractivity contribution in [1.82, 2.24) is 20.0 Å². The number of benzene rings is 1. The van der Waals surface area contributed by atoms with Gasteiger partial charge in [-0.25, -0.2) is 4.99 Å². The molecule has 0 atom stereocenters. The van der Waals surface area contributed by atoms with Crippen LogP contribution in [0.25, 0.3) is 0 Å². The maximum atomic E-state index is 12.0. The molecule has 7 nitrogen and oxygen atoms in total. The molecular weight excluding hydrogens is 491 g/mol. The van der Waals surface area contributed by atoms with Gasteiger partial charge in [0.25, 0.3) is 0 Å². The molecule has 1 saturated carbocycles. The lowest BCUT2D eigenvalue weighted by Crippen LogP contribution is -2.54. The Morgan fingerprint density at radius 2 is 1.80 bits per heavy atom. The number of nitrogens with one attached hydrogen (secondary N) is 1. The number of hydrogen-bond acceptors (Lipinski definition) is 4. The summed E-state index contributed by atoms with van der Waals surface area (Å²) in [7, 11) is 3.54. The van der Waals surface area contributed by atoms with Crippen molar-refractivity contribution in [3.63, 3.8) is 0 Å².